The van der Waals surface area contributed by atoms with Crippen LogP contribution >= 0.6 is 0 Å². The molecule has 0 bridgehead atoms. The van der Waals surface area contributed by atoms with Crippen LogP contribution in [0, 0.1) is 5.92 Å². The number of fused-ring (bicyclic) bond motifs is 1. The topological polar surface area (TPSA) is 63.6 Å². The van der Waals surface area contributed by atoms with Crippen molar-refractivity contribution in [1.29, 1.82) is 0 Å². The molecule has 4 heteroatoms. The van der Waals surface area contributed by atoms with Crippen LogP contribution in [0.15, 0.2) is 109 Å². The first-order valence-electron chi connectivity index (χ1n) is 11.6. The first-order chi connectivity index (χ1) is 17.0. The van der Waals surface area contributed by atoms with E-state index in [1.54, 1.807) is 24.3 Å². The summed E-state index contributed by atoms with van der Waals surface area (Å²) in [4.78, 5) is 28.5. The van der Waals surface area contributed by atoms with Crippen LogP contribution < -0.4 is 4.74 Å². The predicted molar refractivity (Wildman–Crippen MR) is 136 cm³/mol. The Morgan fingerprint density at radius 3 is 2.34 bits per heavy atom. The van der Waals surface area contributed by atoms with Crippen LogP contribution in [0.2, 0.25) is 0 Å². The Bertz CT molecular complexity index is 1370. The maximum Gasteiger partial charge on any atom is 0.168 e. The van der Waals surface area contributed by atoms with Crippen LogP contribution in [-0.2, 0) is 15.0 Å². The summed E-state index contributed by atoms with van der Waals surface area (Å²) in [7, 11) is 1.53. The number of allylic oxidation sites excluding steroid dienone is 5. The van der Waals surface area contributed by atoms with Gasteiger partial charge in [0.05, 0.1) is 12.5 Å². The standard InChI is InChI=1S/C31H26O4/c1-3-20-14-17-26-30(34)25(21-10-6-4-7-11-21)19-28(33)31(26,22-12-8-5-9-13-22)29(20)24-16-15-23(32)18-27(24)35-2/h3-16,18-19,26,29,32H,1,17H2,2H3/t26-,29+,31-/m0/s1. The second-order valence-electron chi connectivity index (χ2n) is 8.94. The van der Waals surface area contributed by atoms with E-state index in [-0.39, 0.29) is 17.3 Å². The number of phenolic OH excluding ortho intramolecular Hbond substituents is 1. The predicted octanol–water partition coefficient (Wildman–Crippen LogP) is 5.79. The first kappa shape index (κ1) is 22.6. The third-order valence-electron chi connectivity index (χ3n) is 7.29. The van der Waals surface area contributed by atoms with Crippen molar-refractivity contribution in [2.24, 2.45) is 5.92 Å². The summed E-state index contributed by atoms with van der Waals surface area (Å²) in [5, 5.41) is 10.1. The molecule has 5 rings (SSSR count). The van der Waals surface area contributed by atoms with Gasteiger partial charge in [0.2, 0.25) is 0 Å². The SMILES string of the molecule is C=CC1=CC[C@H]2C(=O)C(c3ccccc3)=CC(=O)[C@@]2(c2ccccc2)[C@H]1c1ccc(O)cc1OC. The van der Waals surface area contributed by atoms with Crippen LogP contribution in [0.4, 0.5) is 0 Å². The molecule has 0 radical (unpaired) electrons. The average molecular weight is 463 g/mol. The zero-order valence-electron chi connectivity index (χ0n) is 19.5. The van der Waals surface area contributed by atoms with Crippen molar-refractivity contribution in [3.05, 3.63) is 126 Å². The Labute approximate surface area is 204 Å². The molecule has 0 amide bonds. The fourth-order valence-electron chi connectivity index (χ4n) is 5.79. The van der Waals surface area contributed by atoms with Gasteiger partial charge in [-0.3, -0.25) is 9.59 Å². The summed E-state index contributed by atoms with van der Waals surface area (Å²) in [6, 6.07) is 23.8. The van der Waals surface area contributed by atoms with E-state index in [2.05, 4.69) is 6.58 Å². The second kappa shape index (κ2) is 8.88. The molecular formula is C31H26O4. The molecule has 0 aromatic heterocycles. The number of carbonyl (C=O) groups is 2. The minimum atomic E-state index is -1.18. The van der Waals surface area contributed by atoms with Crippen LogP contribution in [-0.4, -0.2) is 23.8 Å². The normalized spacial score (nSPS) is 23.7. The molecule has 4 nitrogen and oxygen atoms in total. The fraction of sp³-hybridized carbons (Fsp3) is 0.161. The van der Waals surface area contributed by atoms with Crippen LogP contribution in [0.25, 0.3) is 5.57 Å². The Kier molecular flexibility index (Phi) is 5.73. The lowest BCUT2D eigenvalue weighted by atomic mass is 9.50. The number of hydrogen-bond acceptors (Lipinski definition) is 4. The van der Waals surface area contributed by atoms with Gasteiger partial charge in [-0.25, -0.2) is 0 Å². The molecule has 2 aliphatic carbocycles. The number of benzene rings is 3. The van der Waals surface area contributed by atoms with Gasteiger partial charge in [-0.05, 0) is 35.3 Å². The van der Waals surface area contributed by atoms with Crippen molar-refractivity contribution in [3.63, 3.8) is 0 Å². The van der Waals surface area contributed by atoms with Gasteiger partial charge in [0, 0.05) is 29.0 Å². The largest absolute Gasteiger partial charge is 0.508 e. The van der Waals surface area contributed by atoms with E-state index in [9.17, 15) is 14.7 Å². The molecular weight excluding hydrogens is 436 g/mol. The van der Waals surface area contributed by atoms with Gasteiger partial charge in [-0.15, -0.1) is 0 Å². The number of methoxy groups -OCH3 is 1. The van der Waals surface area contributed by atoms with Gasteiger partial charge in [0.15, 0.2) is 11.6 Å². The highest BCUT2D eigenvalue weighted by Gasteiger charge is 2.59. The van der Waals surface area contributed by atoms with E-state index < -0.39 is 17.3 Å². The molecule has 3 aromatic carbocycles. The quantitative estimate of drug-likeness (QED) is 0.521. The zero-order chi connectivity index (χ0) is 24.6. The summed E-state index contributed by atoms with van der Waals surface area (Å²) in [6.45, 7) is 4.03. The third-order valence-corrected chi connectivity index (χ3v) is 7.29. The third kappa shape index (κ3) is 3.45. The van der Waals surface area contributed by atoms with E-state index in [1.165, 1.54) is 13.2 Å². The van der Waals surface area contributed by atoms with Gasteiger partial charge in [-0.1, -0.05) is 85.5 Å². The Hall–Kier alpha value is -4.18. The number of ether oxygens (including phenoxy) is 1. The number of carbonyl (C=O) groups excluding carboxylic acids is 2. The molecule has 0 saturated heterocycles. The summed E-state index contributed by atoms with van der Waals surface area (Å²) in [6.07, 6.45) is 5.70. The minimum absolute atomic E-state index is 0.0539. The molecule has 1 N–H and O–H groups in total. The molecule has 35 heavy (non-hydrogen) atoms. The smallest absolute Gasteiger partial charge is 0.168 e. The molecule has 0 spiro atoms. The summed E-state index contributed by atoms with van der Waals surface area (Å²) < 4.78 is 5.65. The lowest BCUT2D eigenvalue weighted by Crippen LogP contribution is -2.54. The fourth-order valence-corrected chi connectivity index (χ4v) is 5.79. The summed E-state index contributed by atoms with van der Waals surface area (Å²) in [5.74, 6) is -0.794. The molecule has 0 unspecified atom stereocenters. The maximum absolute atomic E-state index is 14.4. The average Bonchev–Trinajstić information content (AvgIpc) is 2.90. The van der Waals surface area contributed by atoms with Gasteiger partial charge < -0.3 is 9.84 Å². The molecule has 3 atom stereocenters. The van der Waals surface area contributed by atoms with Crippen LogP contribution in [0.5, 0.6) is 11.5 Å². The zero-order valence-corrected chi connectivity index (χ0v) is 19.5. The van der Waals surface area contributed by atoms with E-state index >= 15 is 0 Å². The van der Waals surface area contributed by atoms with E-state index in [0.717, 1.165) is 22.3 Å². The van der Waals surface area contributed by atoms with Crippen LogP contribution in [0.1, 0.15) is 29.0 Å². The van der Waals surface area contributed by atoms with Gasteiger partial charge in [-0.2, -0.15) is 0 Å². The van der Waals surface area contributed by atoms with Crippen molar-refractivity contribution in [3.8, 4) is 11.5 Å². The van der Waals surface area contributed by atoms with E-state index in [1.807, 2.05) is 66.7 Å². The highest BCUT2D eigenvalue weighted by atomic mass is 16.5. The molecule has 0 aliphatic heterocycles. The number of ketones is 2. The number of hydrogen-bond donors (Lipinski definition) is 1. The summed E-state index contributed by atoms with van der Waals surface area (Å²) >= 11 is 0. The van der Waals surface area contributed by atoms with Gasteiger partial charge >= 0.3 is 0 Å². The minimum Gasteiger partial charge on any atom is -0.508 e. The second-order valence-corrected chi connectivity index (χ2v) is 8.94. The molecule has 0 saturated carbocycles. The highest BCUT2D eigenvalue weighted by molar-refractivity contribution is 6.31. The maximum atomic E-state index is 14.4. The van der Waals surface area contributed by atoms with Crippen molar-refractivity contribution >= 4 is 17.1 Å². The van der Waals surface area contributed by atoms with E-state index in [4.69, 9.17) is 4.74 Å². The number of rotatable bonds is 5. The Morgan fingerprint density at radius 1 is 1.00 bits per heavy atom. The van der Waals surface area contributed by atoms with Crippen molar-refractivity contribution in [1.82, 2.24) is 0 Å². The molecule has 2 aliphatic rings. The van der Waals surface area contributed by atoms with Gasteiger partial charge in [0.25, 0.3) is 0 Å². The monoisotopic (exact) mass is 462 g/mol. The number of phenols is 1. The lowest BCUT2D eigenvalue weighted by molar-refractivity contribution is -0.131. The Morgan fingerprint density at radius 2 is 1.69 bits per heavy atom. The molecule has 174 valence electrons. The van der Waals surface area contributed by atoms with E-state index in [0.29, 0.717) is 17.7 Å². The number of Topliss-reactive ketones (excluding diaryl/α,β-unsaturated/α-hetero) is 1. The van der Waals surface area contributed by atoms with Crippen molar-refractivity contribution in [2.45, 2.75) is 17.8 Å². The molecule has 3 aromatic rings. The molecule has 0 heterocycles. The molecule has 0 fully saturated rings. The lowest BCUT2D eigenvalue weighted by Gasteiger charge is -2.50. The summed E-state index contributed by atoms with van der Waals surface area (Å²) in [5.41, 5.74) is 2.36. The highest BCUT2D eigenvalue weighted by Crippen LogP contribution is 2.58. The Balaban J connectivity index is 1.83. The first-order valence-corrected chi connectivity index (χ1v) is 11.6. The van der Waals surface area contributed by atoms with Crippen LogP contribution in [0.3, 0.4) is 0 Å². The number of aromatic hydroxyl groups is 1. The van der Waals surface area contributed by atoms with Crippen molar-refractivity contribution in [2.75, 3.05) is 7.11 Å². The van der Waals surface area contributed by atoms with Gasteiger partial charge in [0.1, 0.15) is 11.5 Å². The van der Waals surface area contributed by atoms with Crippen molar-refractivity contribution < 1.29 is 19.4 Å².